The Labute approximate surface area is 114 Å². The molecule has 1 aromatic heterocycles. The van der Waals surface area contributed by atoms with Crippen LogP contribution in [-0.4, -0.2) is 21.9 Å². The smallest absolute Gasteiger partial charge is 0.332 e. The fourth-order valence-electron chi connectivity index (χ4n) is 1.65. The van der Waals surface area contributed by atoms with E-state index in [-0.39, 0.29) is 29.0 Å². The molecule has 1 aromatic carbocycles. The third-order valence-corrected chi connectivity index (χ3v) is 2.57. The van der Waals surface area contributed by atoms with Gasteiger partial charge in [-0.2, -0.15) is 4.98 Å². The molecule has 0 bridgehead atoms. The van der Waals surface area contributed by atoms with Crippen LogP contribution in [0.2, 0.25) is 0 Å². The summed E-state index contributed by atoms with van der Waals surface area (Å²) in [5.41, 5.74) is 0.516. The van der Waals surface area contributed by atoms with Crippen LogP contribution in [-0.2, 0) is 0 Å². The van der Waals surface area contributed by atoms with Crippen molar-refractivity contribution in [3.63, 3.8) is 0 Å². The van der Waals surface area contributed by atoms with Gasteiger partial charge < -0.3 is 10.6 Å². The Morgan fingerprint density at radius 2 is 1.90 bits per heavy atom. The number of aromatic nitrogens is 2. The summed E-state index contributed by atoms with van der Waals surface area (Å²) in [7, 11) is 1.61. The van der Waals surface area contributed by atoms with E-state index in [1.807, 2.05) is 0 Å². The summed E-state index contributed by atoms with van der Waals surface area (Å²) in [5.74, 6) is -0.0731. The van der Waals surface area contributed by atoms with Gasteiger partial charge in [0.15, 0.2) is 0 Å². The van der Waals surface area contributed by atoms with Crippen LogP contribution in [0.15, 0.2) is 24.3 Å². The van der Waals surface area contributed by atoms with Crippen molar-refractivity contribution in [2.24, 2.45) is 0 Å². The first-order chi connectivity index (χ1) is 9.51. The molecule has 0 radical (unpaired) electrons. The van der Waals surface area contributed by atoms with Crippen molar-refractivity contribution in [2.45, 2.75) is 6.92 Å². The predicted molar refractivity (Wildman–Crippen MR) is 72.7 cm³/mol. The van der Waals surface area contributed by atoms with Crippen LogP contribution >= 0.6 is 0 Å². The van der Waals surface area contributed by atoms with Crippen molar-refractivity contribution in [2.75, 3.05) is 17.7 Å². The maximum atomic E-state index is 12.8. The van der Waals surface area contributed by atoms with Gasteiger partial charge in [0, 0.05) is 12.7 Å². The van der Waals surface area contributed by atoms with Crippen LogP contribution in [0.3, 0.4) is 0 Å². The Hall–Kier alpha value is -2.77. The zero-order valence-corrected chi connectivity index (χ0v) is 10.8. The van der Waals surface area contributed by atoms with Crippen molar-refractivity contribution in [3.8, 4) is 0 Å². The molecule has 2 aromatic rings. The molecule has 0 atom stereocenters. The summed E-state index contributed by atoms with van der Waals surface area (Å²) in [6.45, 7) is 1.52. The second kappa shape index (κ2) is 5.47. The second-order valence-electron chi connectivity index (χ2n) is 3.97. The first kappa shape index (κ1) is 13.7. The minimum absolute atomic E-state index is 0.0541. The first-order valence-corrected chi connectivity index (χ1v) is 5.74. The van der Waals surface area contributed by atoms with Crippen LogP contribution in [0.4, 0.5) is 27.5 Å². The highest BCUT2D eigenvalue weighted by Crippen LogP contribution is 2.29. The van der Waals surface area contributed by atoms with Crippen molar-refractivity contribution >= 4 is 23.1 Å². The average molecular weight is 277 g/mol. The number of anilines is 3. The van der Waals surface area contributed by atoms with E-state index in [9.17, 15) is 14.5 Å². The van der Waals surface area contributed by atoms with Crippen LogP contribution in [0.25, 0.3) is 0 Å². The Kier molecular flexibility index (Phi) is 3.74. The highest BCUT2D eigenvalue weighted by Gasteiger charge is 2.22. The largest absolute Gasteiger partial charge is 0.357 e. The molecule has 0 aliphatic carbocycles. The third-order valence-electron chi connectivity index (χ3n) is 2.57. The molecule has 0 aliphatic heterocycles. The SMILES string of the molecule is CNc1nc(C)c([N+](=O)[O-])c(Nc2ccc(F)cc2)n1. The standard InChI is InChI=1S/C12H12FN5O2/c1-7-10(18(19)20)11(17-12(14-2)15-7)16-9-5-3-8(13)4-6-9/h3-6H,1-2H3,(H2,14,15,16,17). The fraction of sp³-hybridized carbons (Fsp3) is 0.167. The number of rotatable bonds is 4. The van der Waals surface area contributed by atoms with Crippen molar-refractivity contribution < 1.29 is 9.31 Å². The normalized spacial score (nSPS) is 10.2. The van der Waals surface area contributed by atoms with Gasteiger partial charge in [0.25, 0.3) is 0 Å². The fourth-order valence-corrected chi connectivity index (χ4v) is 1.65. The molecule has 2 rings (SSSR count). The third kappa shape index (κ3) is 2.79. The first-order valence-electron chi connectivity index (χ1n) is 5.74. The lowest BCUT2D eigenvalue weighted by Gasteiger charge is -2.09. The monoisotopic (exact) mass is 277 g/mol. The van der Waals surface area contributed by atoms with E-state index >= 15 is 0 Å². The highest BCUT2D eigenvalue weighted by molar-refractivity contribution is 5.68. The van der Waals surface area contributed by atoms with Gasteiger partial charge in [-0.05, 0) is 31.2 Å². The molecule has 0 aliphatic rings. The molecule has 104 valence electrons. The highest BCUT2D eigenvalue weighted by atomic mass is 19.1. The van der Waals surface area contributed by atoms with Gasteiger partial charge in [0.2, 0.25) is 11.8 Å². The summed E-state index contributed by atoms with van der Waals surface area (Å²) in [6, 6.07) is 5.44. The summed E-state index contributed by atoms with van der Waals surface area (Å²) < 4.78 is 12.8. The lowest BCUT2D eigenvalue weighted by Crippen LogP contribution is -2.07. The number of hydrogen-bond donors (Lipinski definition) is 2. The quantitative estimate of drug-likeness (QED) is 0.659. The molecular weight excluding hydrogens is 265 g/mol. The van der Waals surface area contributed by atoms with E-state index < -0.39 is 4.92 Å². The molecule has 0 saturated heterocycles. The Morgan fingerprint density at radius 1 is 1.25 bits per heavy atom. The molecule has 0 saturated carbocycles. The van der Waals surface area contributed by atoms with Gasteiger partial charge in [0.05, 0.1) is 4.92 Å². The number of halogens is 1. The van der Waals surface area contributed by atoms with E-state index in [0.29, 0.717) is 5.69 Å². The predicted octanol–water partition coefficient (Wildman–Crippen LogP) is 2.62. The second-order valence-corrected chi connectivity index (χ2v) is 3.97. The van der Waals surface area contributed by atoms with E-state index in [0.717, 1.165) is 0 Å². The molecule has 20 heavy (non-hydrogen) atoms. The molecule has 0 unspecified atom stereocenters. The molecule has 0 fully saturated rings. The molecular formula is C12H12FN5O2. The molecule has 0 amide bonds. The van der Waals surface area contributed by atoms with E-state index in [4.69, 9.17) is 0 Å². The van der Waals surface area contributed by atoms with Crippen molar-refractivity contribution in [3.05, 3.63) is 45.9 Å². The molecule has 8 heteroatoms. The number of nitrogens with one attached hydrogen (secondary N) is 2. The maximum Gasteiger partial charge on any atom is 0.332 e. The summed E-state index contributed by atoms with van der Waals surface area (Å²) >= 11 is 0. The van der Waals surface area contributed by atoms with Crippen molar-refractivity contribution in [1.82, 2.24) is 9.97 Å². The molecule has 1 heterocycles. The van der Waals surface area contributed by atoms with E-state index in [1.165, 1.54) is 31.2 Å². The number of nitro groups is 1. The maximum absolute atomic E-state index is 12.8. The van der Waals surface area contributed by atoms with Crippen LogP contribution < -0.4 is 10.6 Å². The van der Waals surface area contributed by atoms with Crippen molar-refractivity contribution in [1.29, 1.82) is 0 Å². The Balaban J connectivity index is 2.45. The van der Waals surface area contributed by atoms with E-state index in [1.54, 1.807) is 7.05 Å². The lowest BCUT2D eigenvalue weighted by molar-refractivity contribution is -0.385. The zero-order valence-electron chi connectivity index (χ0n) is 10.8. The van der Waals surface area contributed by atoms with Gasteiger partial charge in [-0.25, -0.2) is 9.37 Å². The number of benzene rings is 1. The summed E-state index contributed by atoms with van der Waals surface area (Å²) in [6.07, 6.45) is 0. The number of nitrogens with zero attached hydrogens (tertiary/aromatic N) is 3. The molecule has 0 spiro atoms. The van der Waals surface area contributed by atoms with Gasteiger partial charge in [0.1, 0.15) is 11.5 Å². The number of hydrogen-bond acceptors (Lipinski definition) is 6. The Morgan fingerprint density at radius 3 is 2.45 bits per heavy atom. The zero-order chi connectivity index (χ0) is 14.7. The average Bonchev–Trinajstić information content (AvgIpc) is 2.40. The van der Waals surface area contributed by atoms with Crippen LogP contribution in [0.5, 0.6) is 0 Å². The minimum atomic E-state index is -0.555. The van der Waals surface area contributed by atoms with Gasteiger partial charge in [-0.1, -0.05) is 0 Å². The van der Waals surface area contributed by atoms with E-state index in [2.05, 4.69) is 20.6 Å². The summed E-state index contributed by atoms with van der Waals surface area (Å²) in [5, 5.41) is 16.6. The van der Waals surface area contributed by atoms with Gasteiger partial charge >= 0.3 is 5.69 Å². The topological polar surface area (TPSA) is 93.0 Å². The lowest BCUT2D eigenvalue weighted by atomic mass is 10.3. The summed E-state index contributed by atoms with van der Waals surface area (Å²) in [4.78, 5) is 18.5. The molecule has 7 nitrogen and oxygen atoms in total. The number of aryl methyl sites for hydroxylation is 1. The van der Waals surface area contributed by atoms with Crippen LogP contribution in [0.1, 0.15) is 5.69 Å². The Bertz CT molecular complexity index is 645. The van der Waals surface area contributed by atoms with Gasteiger partial charge in [-0.15, -0.1) is 0 Å². The van der Waals surface area contributed by atoms with Gasteiger partial charge in [-0.3, -0.25) is 10.1 Å². The molecule has 2 N–H and O–H groups in total. The van der Waals surface area contributed by atoms with Crippen LogP contribution in [0, 0.1) is 22.9 Å². The minimum Gasteiger partial charge on any atom is -0.357 e.